The lowest BCUT2D eigenvalue weighted by Crippen LogP contribution is -2.29. The number of benzene rings is 2. The van der Waals surface area contributed by atoms with Crippen molar-refractivity contribution in [3.8, 4) is 5.75 Å². The molecular formula is C16H17Cl2NO. The van der Waals surface area contributed by atoms with Crippen LogP contribution in [0, 0.1) is 0 Å². The number of alkyl halides is 1. The highest BCUT2D eigenvalue weighted by atomic mass is 35.5. The molecule has 106 valence electrons. The number of nitrogens with zero attached hydrogens (tertiary/aromatic N) is 1. The fourth-order valence-electron chi connectivity index (χ4n) is 3.12. The second kappa shape index (κ2) is 5.01. The molecule has 0 saturated carbocycles. The molecule has 20 heavy (non-hydrogen) atoms. The minimum atomic E-state index is 0.247. The van der Waals surface area contributed by atoms with E-state index in [0.29, 0.717) is 16.9 Å². The number of aromatic hydroxyl groups is 1. The van der Waals surface area contributed by atoms with E-state index < -0.39 is 0 Å². The number of halogens is 2. The van der Waals surface area contributed by atoms with E-state index in [1.807, 2.05) is 24.3 Å². The highest BCUT2D eigenvalue weighted by Crippen LogP contribution is 2.47. The van der Waals surface area contributed by atoms with Crippen molar-refractivity contribution >= 4 is 39.7 Å². The molecule has 0 fully saturated rings. The molecule has 2 nitrogen and oxygen atoms in total. The molecule has 1 N–H and O–H groups in total. The predicted molar refractivity (Wildman–Crippen MR) is 86.6 cm³/mol. The van der Waals surface area contributed by atoms with Gasteiger partial charge in [0.25, 0.3) is 0 Å². The van der Waals surface area contributed by atoms with Crippen LogP contribution in [0.1, 0.15) is 25.3 Å². The fourth-order valence-corrected chi connectivity index (χ4v) is 3.65. The molecule has 0 aromatic heterocycles. The van der Waals surface area contributed by atoms with Crippen molar-refractivity contribution < 1.29 is 5.11 Å². The molecule has 2 aromatic rings. The summed E-state index contributed by atoms with van der Waals surface area (Å²) in [4.78, 5) is 2.28. The first-order valence-corrected chi connectivity index (χ1v) is 7.72. The molecule has 0 saturated heterocycles. The summed E-state index contributed by atoms with van der Waals surface area (Å²) in [5.41, 5.74) is 2.23. The van der Waals surface area contributed by atoms with E-state index in [0.717, 1.165) is 23.0 Å². The van der Waals surface area contributed by atoms with E-state index in [1.54, 1.807) is 0 Å². The topological polar surface area (TPSA) is 23.5 Å². The summed E-state index contributed by atoms with van der Waals surface area (Å²) in [5.74, 6) is 1.08. The quantitative estimate of drug-likeness (QED) is 0.809. The van der Waals surface area contributed by atoms with Crippen LogP contribution in [-0.4, -0.2) is 23.6 Å². The molecule has 1 aliphatic rings. The van der Waals surface area contributed by atoms with Gasteiger partial charge in [0.2, 0.25) is 0 Å². The van der Waals surface area contributed by atoms with Crippen LogP contribution >= 0.6 is 23.2 Å². The maximum atomic E-state index is 10.3. The SMILES string of the molecule is CC(C)N1C[C@@H](CCl)c2c1cc(O)c1cccc(Cl)c21. The van der Waals surface area contributed by atoms with E-state index in [2.05, 4.69) is 18.7 Å². The Balaban J connectivity index is 2.37. The van der Waals surface area contributed by atoms with Crippen LogP contribution in [0.5, 0.6) is 5.75 Å². The van der Waals surface area contributed by atoms with Crippen LogP contribution in [0.2, 0.25) is 5.02 Å². The number of phenols is 1. The maximum absolute atomic E-state index is 10.3. The molecule has 3 rings (SSSR count). The molecule has 0 spiro atoms. The van der Waals surface area contributed by atoms with Crippen molar-refractivity contribution in [1.29, 1.82) is 0 Å². The highest BCUT2D eigenvalue weighted by Gasteiger charge is 2.32. The third-order valence-electron chi connectivity index (χ3n) is 4.05. The Kier molecular flexibility index (Phi) is 3.47. The van der Waals surface area contributed by atoms with E-state index in [9.17, 15) is 5.11 Å². The Morgan fingerprint density at radius 1 is 1.40 bits per heavy atom. The van der Waals surface area contributed by atoms with Gasteiger partial charge in [-0.2, -0.15) is 0 Å². The first-order valence-electron chi connectivity index (χ1n) is 6.81. The number of fused-ring (bicyclic) bond motifs is 3. The summed E-state index contributed by atoms with van der Waals surface area (Å²) in [6, 6.07) is 7.84. The van der Waals surface area contributed by atoms with Crippen molar-refractivity contribution in [2.45, 2.75) is 25.8 Å². The zero-order valence-corrected chi connectivity index (χ0v) is 13.0. The Morgan fingerprint density at radius 2 is 2.15 bits per heavy atom. The van der Waals surface area contributed by atoms with Gasteiger partial charge in [-0.1, -0.05) is 23.7 Å². The third-order valence-corrected chi connectivity index (χ3v) is 4.74. The summed E-state index contributed by atoms with van der Waals surface area (Å²) in [5, 5.41) is 12.7. The average molecular weight is 310 g/mol. The zero-order valence-electron chi connectivity index (χ0n) is 11.5. The van der Waals surface area contributed by atoms with Crippen molar-refractivity contribution in [1.82, 2.24) is 0 Å². The molecule has 0 unspecified atom stereocenters. The highest BCUT2D eigenvalue weighted by molar-refractivity contribution is 6.36. The van der Waals surface area contributed by atoms with Gasteiger partial charge < -0.3 is 10.0 Å². The second-order valence-corrected chi connectivity index (χ2v) is 6.30. The van der Waals surface area contributed by atoms with Crippen LogP contribution in [0.4, 0.5) is 5.69 Å². The minimum Gasteiger partial charge on any atom is -0.507 e. The molecular weight excluding hydrogens is 293 g/mol. The number of anilines is 1. The molecule has 4 heteroatoms. The van der Waals surface area contributed by atoms with Gasteiger partial charge in [-0.15, -0.1) is 11.6 Å². The molecule has 1 heterocycles. The van der Waals surface area contributed by atoms with E-state index in [-0.39, 0.29) is 11.7 Å². The van der Waals surface area contributed by atoms with Crippen LogP contribution < -0.4 is 4.90 Å². The van der Waals surface area contributed by atoms with Gasteiger partial charge in [-0.25, -0.2) is 0 Å². The Bertz CT molecular complexity index is 669. The van der Waals surface area contributed by atoms with Crippen LogP contribution in [0.15, 0.2) is 24.3 Å². The first-order chi connectivity index (χ1) is 9.54. The van der Waals surface area contributed by atoms with Gasteiger partial charge >= 0.3 is 0 Å². The molecule has 0 aliphatic carbocycles. The first kappa shape index (κ1) is 13.8. The molecule has 0 amide bonds. The molecule has 1 aliphatic heterocycles. The second-order valence-electron chi connectivity index (χ2n) is 5.59. The monoisotopic (exact) mass is 309 g/mol. The minimum absolute atomic E-state index is 0.247. The number of hydrogen-bond donors (Lipinski definition) is 1. The summed E-state index contributed by atoms with van der Waals surface area (Å²) < 4.78 is 0. The van der Waals surface area contributed by atoms with E-state index in [1.165, 1.54) is 5.56 Å². The molecule has 2 aromatic carbocycles. The smallest absolute Gasteiger partial charge is 0.125 e. The largest absolute Gasteiger partial charge is 0.507 e. The maximum Gasteiger partial charge on any atom is 0.125 e. The van der Waals surface area contributed by atoms with Gasteiger partial charge in [0.15, 0.2) is 0 Å². The fraction of sp³-hybridized carbons (Fsp3) is 0.375. The number of phenolic OH excluding ortho intramolecular Hbond substituents is 1. The van der Waals surface area contributed by atoms with Gasteiger partial charge in [0, 0.05) is 51.9 Å². The molecule has 0 bridgehead atoms. The lowest BCUT2D eigenvalue weighted by Gasteiger charge is -2.24. The summed E-state index contributed by atoms with van der Waals surface area (Å²) in [7, 11) is 0. The lowest BCUT2D eigenvalue weighted by molar-refractivity contribution is 0.481. The zero-order chi connectivity index (χ0) is 14.4. The van der Waals surface area contributed by atoms with Crippen molar-refractivity contribution in [2.75, 3.05) is 17.3 Å². The van der Waals surface area contributed by atoms with Gasteiger partial charge in [0.1, 0.15) is 5.75 Å². The molecule has 0 radical (unpaired) electrons. The number of hydrogen-bond acceptors (Lipinski definition) is 2. The summed E-state index contributed by atoms with van der Waals surface area (Å²) >= 11 is 12.6. The van der Waals surface area contributed by atoms with Crippen molar-refractivity contribution in [3.05, 3.63) is 34.9 Å². The lowest BCUT2D eigenvalue weighted by atomic mass is 9.95. The molecule has 1 atom stereocenters. The summed E-state index contributed by atoms with van der Waals surface area (Å²) in [6.07, 6.45) is 0. The summed E-state index contributed by atoms with van der Waals surface area (Å²) in [6.45, 7) is 5.17. The Hall–Kier alpha value is -1.12. The van der Waals surface area contributed by atoms with E-state index >= 15 is 0 Å². The van der Waals surface area contributed by atoms with Crippen molar-refractivity contribution in [2.24, 2.45) is 0 Å². The van der Waals surface area contributed by atoms with Gasteiger partial charge in [-0.3, -0.25) is 0 Å². The van der Waals surface area contributed by atoms with Crippen LogP contribution in [-0.2, 0) is 0 Å². The van der Waals surface area contributed by atoms with Crippen molar-refractivity contribution in [3.63, 3.8) is 0 Å². The normalized spacial score (nSPS) is 18.1. The number of rotatable bonds is 2. The van der Waals surface area contributed by atoms with Gasteiger partial charge in [-0.05, 0) is 25.5 Å². The predicted octanol–water partition coefficient (Wildman–Crippen LogP) is 4.75. The Morgan fingerprint density at radius 3 is 2.80 bits per heavy atom. The third kappa shape index (κ3) is 1.94. The Labute approximate surface area is 128 Å². The average Bonchev–Trinajstić information content (AvgIpc) is 2.77. The van der Waals surface area contributed by atoms with Gasteiger partial charge in [0.05, 0.1) is 0 Å². The van der Waals surface area contributed by atoms with Crippen LogP contribution in [0.25, 0.3) is 10.8 Å². The van der Waals surface area contributed by atoms with E-state index in [4.69, 9.17) is 23.2 Å². The van der Waals surface area contributed by atoms with Crippen LogP contribution in [0.3, 0.4) is 0 Å². The standard InChI is InChI=1S/C16H17Cl2NO/c1-9(2)19-8-10(7-17)15-13(19)6-14(20)11-4-3-5-12(18)16(11)15/h3-6,9-10,20H,7-8H2,1-2H3/t10-/m1/s1.